The van der Waals surface area contributed by atoms with Crippen LogP contribution in [-0.4, -0.2) is 10.7 Å². The molecule has 1 heteroatoms. The van der Waals surface area contributed by atoms with Crippen molar-refractivity contribution in [1.29, 1.82) is 0 Å². The zero-order valence-electron chi connectivity index (χ0n) is 5.72. The Kier molecular flexibility index (Phi) is 0.755. The van der Waals surface area contributed by atoms with Gasteiger partial charge in [-0.2, -0.15) is 0 Å². The molecule has 1 N–H and O–H groups in total. The maximum atomic E-state index is 9.62. The SMILES string of the molecule is CC12C=CC(O)(CC1)C2. The molecule has 1 nitrogen and oxygen atoms in total. The Labute approximate surface area is 55.4 Å². The summed E-state index contributed by atoms with van der Waals surface area (Å²) < 4.78 is 0. The first-order valence-electron chi connectivity index (χ1n) is 3.55. The lowest BCUT2D eigenvalue weighted by Crippen LogP contribution is -2.18. The summed E-state index contributed by atoms with van der Waals surface area (Å²) in [7, 11) is 0. The van der Waals surface area contributed by atoms with Crippen molar-refractivity contribution in [2.75, 3.05) is 0 Å². The van der Waals surface area contributed by atoms with Gasteiger partial charge in [0.05, 0.1) is 5.60 Å². The van der Waals surface area contributed by atoms with Crippen molar-refractivity contribution in [3.05, 3.63) is 12.2 Å². The minimum atomic E-state index is -0.408. The molecule has 0 aromatic rings. The second-order valence-electron chi connectivity index (χ2n) is 3.77. The first-order valence-corrected chi connectivity index (χ1v) is 3.55. The highest BCUT2D eigenvalue weighted by molar-refractivity contribution is 5.22. The van der Waals surface area contributed by atoms with E-state index in [1.807, 2.05) is 6.08 Å². The van der Waals surface area contributed by atoms with Gasteiger partial charge in [0.2, 0.25) is 0 Å². The third-order valence-electron chi connectivity index (χ3n) is 2.63. The van der Waals surface area contributed by atoms with Gasteiger partial charge >= 0.3 is 0 Å². The van der Waals surface area contributed by atoms with E-state index in [2.05, 4.69) is 13.0 Å². The quantitative estimate of drug-likeness (QED) is 0.485. The Morgan fingerprint density at radius 3 is 2.22 bits per heavy atom. The number of fused-ring (bicyclic) bond motifs is 2. The molecule has 2 aliphatic carbocycles. The van der Waals surface area contributed by atoms with Gasteiger partial charge in [-0.1, -0.05) is 19.1 Å². The summed E-state index contributed by atoms with van der Waals surface area (Å²) in [5.74, 6) is 0. The van der Waals surface area contributed by atoms with Crippen LogP contribution in [0.25, 0.3) is 0 Å². The second kappa shape index (κ2) is 1.24. The molecule has 50 valence electrons. The van der Waals surface area contributed by atoms with Gasteiger partial charge in [0, 0.05) is 0 Å². The molecule has 2 rings (SSSR count). The fourth-order valence-electron chi connectivity index (χ4n) is 2.02. The van der Waals surface area contributed by atoms with E-state index in [-0.39, 0.29) is 0 Å². The zero-order valence-corrected chi connectivity index (χ0v) is 5.72. The van der Waals surface area contributed by atoms with Crippen LogP contribution in [-0.2, 0) is 0 Å². The summed E-state index contributed by atoms with van der Waals surface area (Å²) in [6, 6.07) is 0. The molecule has 1 fully saturated rings. The third-order valence-corrected chi connectivity index (χ3v) is 2.63. The molecule has 0 aromatic heterocycles. The van der Waals surface area contributed by atoms with E-state index in [1.54, 1.807) is 0 Å². The molecule has 2 unspecified atom stereocenters. The Balaban J connectivity index is 2.37. The molecule has 0 aromatic carbocycles. The lowest BCUT2D eigenvalue weighted by Gasteiger charge is -2.13. The number of hydrogen-bond donors (Lipinski definition) is 1. The van der Waals surface area contributed by atoms with Gasteiger partial charge in [-0.3, -0.25) is 0 Å². The number of rotatable bonds is 0. The minimum absolute atomic E-state index is 0.342. The van der Waals surface area contributed by atoms with Gasteiger partial charge in [0.25, 0.3) is 0 Å². The highest BCUT2D eigenvalue weighted by Crippen LogP contribution is 2.50. The van der Waals surface area contributed by atoms with Crippen LogP contribution in [0.1, 0.15) is 26.2 Å². The monoisotopic (exact) mass is 124 g/mol. The zero-order chi connectivity index (χ0) is 6.54. The van der Waals surface area contributed by atoms with Crippen LogP contribution < -0.4 is 0 Å². The van der Waals surface area contributed by atoms with Gasteiger partial charge in [-0.15, -0.1) is 0 Å². The van der Waals surface area contributed by atoms with Crippen molar-refractivity contribution in [1.82, 2.24) is 0 Å². The Morgan fingerprint density at radius 1 is 1.33 bits per heavy atom. The molecule has 0 radical (unpaired) electrons. The van der Waals surface area contributed by atoms with Crippen molar-refractivity contribution < 1.29 is 5.11 Å². The number of aliphatic hydroxyl groups is 1. The maximum Gasteiger partial charge on any atom is 0.0836 e. The molecule has 0 spiro atoms. The van der Waals surface area contributed by atoms with Gasteiger partial charge < -0.3 is 5.11 Å². The van der Waals surface area contributed by atoms with Gasteiger partial charge in [0.15, 0.2) is 0 Å². The van der Waals surface area contributed by atoms with Crippen LogP contribution in [0.15, 0.2) is 12.2 Å². The van der Waals surface area contributed by atoms with Crippen molar-refractivity contribution in [2.24, 2.45) is 5.41 Å². The van der Waals surface area contributed by atoms with E-state index < -0.39 is 5.60 Å². The largest absolute Gasteiger partial charge is 0.386 e. The lowest BCUT2D eigenvalue weighted by molar-refractivity contribution is 0.0995. The van der Waals surface area contributed by atoms with E-state index in [0.717, 1.165) is 12.8 Å². The van der Waals surface area contributed by atoms with Gasteiger partial charge in [-0.25, -0.2) is 0 Å². The summed E-state index contributed by atoms with van der Waals surface area (Å²) in [5.41, 5.74) is -0.0660. The molecular weight excluding hydrogens is 112 g/mol. The van der Waals surface area contributed by atoms with Gasteiger partial charge in [-0.05, 0) is 24.7 Å². The Morgan fingerprint density at radius 2 is 2.11 bits per heavy atom. The highest BCUT2D eigenvalue weighted by Gasteiger charge is 2.46. The van der Waals surface area contributed by atoms with Crippen LogP contribution in [0, 0.1) is 5.41 Å². The van der Waals surface area contributed by atoms with Crippen molar-refractivity contribution >= 4 is 0 Å². The smallest absolute Gasteiger partial charge is 0.0836 e. The van der Waals surface area contributed by atoms with Crippen LogP contribution in [0.2, 0.25) is 0 Å². The van der Waals surface area contributed by atoms with E-state index in [9.17, 15) is 5.11 Å². The van der Waals surface area contributed by atoms with Crippen LogP contribution in [0.3, 0.4) is 0 Å². The summed E-state index contributed by atoms with van der Waals surface area (Å²) in [5, 5.41) is 9.62. The molecular formula is C8H12O. The molecule has 2 bridgehead atoms. The number of allylic oxidation sites excluding steroid dienone is 1. The van der Waals surface area contributed by atoms with E-state index in [0.29, 0.717) is 5.41 Å². The summed E-state index contributed by atoms with van der Waals surface area (Å²) >= 11 is 0. The topological polar surface area (TPSA) is 20.2 Å². The Hall–Kier alpha value is -0.300. The summed E-state index contributed by atoms with van der Waals surface area (Å²) in [6.45, 7) is 2.22. The van der Waals surface area contributed by atoms with Gasteiger partial charge in [0.1, 0.15) is 0 Å². The minimum Gasteiger partial charge on any atom is -0.386 e. The fraction of sp³-hybridized carbons (Fsp3) is 0.750. The lowest BCUT2D eigenvalue weighted by atomic mass is 9.91. The normalized spacial score (nSPS) is 54.9. The first kappa shape index (κ1) is 5.48. The molecule has 1 saturated carbocycles. The molecule has 0 aliphatic heterocycles. The van der Waals surface area contributed by atoms with Crippen LogP contribution in [0.4, 0.5) is 0 Å². The van der Waals surface area contributed by atoms with Crippen LogP contribution in [0.5, 0.6) is 0 Å². The highest BCUT2D eigenvalue weighted by atomic mass is 16.3. The maximum absolute atomic E-state index is 9.62. The third kappa shape index (κ3) is 0.645. The summed E-state index contributed by atoms with van der Waals surface area (Å²) in [4.78, 5) is 0. The first-order chi connectivity index (χ1) is 4.12. The second-order valence-corrected chi connectivity index (χ2v) is 3.77. The average Bonchev–Trinajstić information content (AvgIpc) is 2.19. The van der Waals surface area contributed by atoms with Crippen molar-refractivity contribution in [3.63, 3.8) is 0 Å². The number of hydrogen-bond acceptors (Lipinski definition) is 1. The Bertz CT molecular complexity index is 155. The van der Waals surface area contributed by atoms with Crippen LogP contribution >= 0.6 is 0 Å². The predicted octanol–water partition coefficient (Wildman–Crippen LogP) is 1.48. The van der Waals surface area contributed by atoms with Crippen molar-refractivity contribution in [2.45, 2.75) is 31.8 Å². The molecule has 2 atom stereocenters. The molecule has 9 heavy (non-hydrogen) atoms. The van der Waals surface area contributed by atoms with E-state index >= 15 is 0 Å². The molecule has 2 aliphatic rings. The van der Waals surface area contributed by atoms with E-state index in [1.165, 1.54) is 6.42 Å². The molecule has 0 heterocycles. The fourth-order valence-corrected chi connectivity index (χ4v) is 2.02. The molecule has 0 saturated heterocycles. The average molecular weight is 124 g/mol. The van der Waals surface area contributed by atoms with E-state index in [4.69, 9.17) is 0 Å². The summed E-state index contributed by atoms with van der Waals surface area (Å²) in [6.07, 6.45) is 7.23. The van der Waals surface area contributed by atoms with Crippen molar-refractivity contribution in [3.8, 4) is 0 Å². The predicted molar refractivity (Wildman–Crippen MR) is 36.0 cm³/mol. The standard InChI is InChI=1S/C8H12O/c1-7-2-4-8(9,6-7)5-3-7/h2,4,9H,3,5-6H2,1H3. The molecule has 0 amide bonds.